The first kappa shape index (κ1) is 7.10. The molecule has 2 rings (SSSR count). The van der Waals surface area contributed by atoms with Crippen molar-refractivity contribution in [2.24, 2.45) is 17.8 Å². The minimum absolute atomic E-state index is 0.164. The van der Waals surface area contributed by atoms with Crippen molar-refractivity contribution in [3.05, 3.63) is 0 Å². The van der Waals surface area contributed by atoms with Crippen LogP contribution in [-0.4, -0.2) is 22.3 Å². The summed E-state index contributed by atoms with van der Waals surface area (Å²) in [6.07, 6.45) is 2.12. The van der Waals surface area contributed by atoms with Gasteiger partial charge in [-0.05, 0) is 31.1 Å². The summed E-state index contributed by atoms with van der Waals surface area (Å²) in [5, 5.41) is 18.1. The van der Waals surface area contributed by atoms with Gasteiger partial charge < -0.3 is 10.2 Å². The average molecular weight is 156 g/mol. The predicted molar refractivity (Wildman–Crippen MR) is 38.0 cm³/mol. The molecule has 0 spiro atoms. The first-order chi connectivity index (χ1) is 5.18. The van der Waals surface area contributed by atoms with Crippen molar-refractivity contribution in [1.82, 2.24) is 0 Å². The zero-order valence-electron chi connectivity index (χ0n) is 6.23. The Morgan fingerprint density at radius 3 is 2.27 bits per heavy atom. The molecule has 0 aromatic heterocycles. The fourth-order valence-corrected chi connectivity index (χ4v) is 2.55. The third-order valence-electron chi connectivity index (χ3n) is 3.14. The number of rotatable bonds is 1. The summed E-state index contributed by atoms with van der Waals surface area (Å²) in [6, 6.07) is 0. The molecule has 3 nitrogen and oxygen atoms in total. The molecule has 0 saturated heterocycles. The van der Waals surface area contributed by atoms with E-state index in [0.29, 0.717) is 12.8 Å². The van der Waals surface area contributed by atoms with Crippen LogP contribution >= 0.6 is 0 Å². The molecule has 0 radical (unpaired) electrons. The molecule has 0 aliphatic heterocycles. The van der Waals surface area contributed by atoms with Gasteiger partial charge in [0.15, 0.2) is 0 Å². The molecule has 2 aliphatic rings. The smallest absolute Gasteiger partial charge is 0.306 e. The molecule has 11 heavy (non-hydrogen) atoms. The molecule has 0 unspecified atom stereocenters. The van der Waals surface area contributed by atoms with Crippen molar-refractivity contribution in [2.75, 3.05) is 0 Å². The summed E-state index contributed by atoms with van der Waals surface area (Å²) >= 11 is 0. The monoisotopic (exact) mass is 156 g/mol. The van der Waals surface area contributed by atoms with Crippen LogP contribution in [0.4, 0.5) is 0 Å². The van der Waals surface area contributed by atoms with Crippen LogP contribution in [0.1, 0.15) is 19.3 Å². The molecule has 0 amide bonds. The second-order valence-electron chi connectivity index (χ2n) is 3.74. The Hall–Kier alpha value is -0.570. The average Bonchev–Trinajstić information content (AvgIpc) is 2.43. The van der Waals surface area contributed by atoms with Gasteiger partial charge in [0.25, 0.3) is 0 Å². The van der Waals surface area contributed by atoms with E-state index in [1.54, 1.807) is 0 Å². The molecule has 2 saturated carbocycles. The van der Waals surface area contributed by atoms with Gasteiger partial charge in [0.1, 0.15) is 0 Å². The number of fused-ring (bicyclic) bond motifs is 2. The van der Waals surface area contributed by atoms with Crippen LogP contribution in [0, 0.1) is 17.8 Å². The van der Waals surface area contributed by atoms with Crippen molar-refractivity contribution in [1.29, 1.82) is 0 Å². The van der Waals surface area contributed by atoms with Gasteiger partial charge in [0.05, 0.1) is 12.0 Å². The van der Waals surface area contributed by atoms with Gasteiger partial charge in [-0.2, -0.15) is 0 Å². The molecule has 2 fully saturated rings. The predicted octanol–water partition coefficient (Wildman–Crippen LogP) is 0.478. The largest absolute Gasteiger partial charge is 0.481 e. The fraction of sp³-hybridized carbons (Fsp3) is 0.875. The lowest BCUT2D eigenvalue weighted by atomic mass is 9.87. The number of hydrogen-bond acceptors (Lipinski definition) is 2. The highest BCUT2D eigenvalue weighted by Gasteiger charge is 2.47. The summed E-state index contributed by atoms with van der Waals surface area (Å²) in [4.78, 5) is 10.6. The Morgan fingerprint density at radius 2 is 1.91 bits per heavy atom. The second-order valence-corrected chi connectivity index (χ2v) is 3.74. The van der Waals surface area contributed by atoms with Gasteiger partial charge in [0.2, 0.25) is 0 Å². The zero-order valence-corrected chi connectivity index (χ0v) is 6.23. The van der Waals surface area contributed by atoms with E-state index in [1.165, 1.54) is 0 Å². The maximum absolute atomic E-state index is 10.6. The van der Waals surface area contributed by atoms with Crippen LogP contribution in [0.5, 0.6) is 0 Å². The van der Waals surface area contributed by atoms with E-state index < -0.39 is 5.97 Å². The van der Waals surface area contributed by atoms with Crippen molar-refractivity contribution in [2.45, 2.75) is 25.4 Å². The third kappa shape index (κ3) is 0.948. The van der Waals surface area contributed by atoms with Gasteiger partial charge in [-0.1, -0.05) is 0 Å². The quantitative estimate of drug-likeness (QED) is 0.580. The van der Waals surface area contributed by atoms with Crippen LogP contribution in [0.15, 0.2) is 0 Å². The van der Waals surface area contributed by atoms with Gasteiger partial charge in [-0.15, -0.1) is 0 Å². The van der Waals surface area contributed by atoms with E-state index in [1.807, 2.05) is 0 Å². The van der Waals surface area contributed by atoms with Crippen LogP contribution in [0.2, 0.25) is 0 Å². The molecule has 4 atom stereocenters. The number of hydrogen-bond donors (Lipinski definition) is 2. The second kappa shape index (κ2) is 2.21. The number of carboxylic acids is 1. The minimum Gasteiger partial charge on any atom is -0.481 e. The highest BCUT2D eigenvalue weighted by atomic mass is 16.4. The molecule has 0 aromatic rings. The Balaban J connectivity index is 2.08. The lowest BCUT2D eigenvalue weighted by Crippen LogP contribution is -2.26. The molecule has 0 aromatic carbocycles. The highest BCUT2D eigenvalue weighted by Crippen LogP contribution is 2.48. The van der Waals surface area contributed by atoms with E-state index in [-0.39, 0.29) is 23.9 Å². The van der Waals surface area contributed by atoms with Gasteiger partial charge >= 0.3 is 5.97 Å². The lowest BCUT2D eigenvalue weighted by molar-refractivity contribution is -0.144. The standard InChI is InChI=1S/C8H12O3/c9-7-3-4-1-5(7)2-6(4)8(10)11/h4-7,9H,1-3H2,(H,10,11)/t4-,5-,6-,7-/m0/s1. The van der Waals surface area contributed by atoms with Crippen LogP contribution in [0.3, 0.4) is 0 Å². The number of carboxylic acid groups (broad SMARTS) is 1. The SMILES string of the molecule is O=C(O)[C@H]1C[C@@H]2C[C@H]1C[C@@H]2O. The van der Waals surface area contributed by atoms with Gasteiger partial charge in [-0.25, -0.2) is 0 Å². The van der Waals surface area contributed by atoms with E-state index in [4.69, 9.17) is 5.11 Å². The maximum Gasteiger partial charge on any atom is 0.306 e. The highest BCUT2D eigenvalue weighted by molar-refractivity contribution is 5.71. The third-order valence-corrected chi connectivity index (χ3v) is 3.14. The normalized spacial score (nSPS) is 48.1. The molecule has 0 heterocycles. The summed E-state index contributed by atoms with van der Waals surface area (Å²) in [5.41, 5.74) is 0. The molecular weight excluding hydrogens is 144 g/mol. The number of carbonyl (C=O) groups is 1. The van der Waals surface area contributed by atoms with E-state index in [0.717, 1.165) is 6.42 Å². The van der Waals surface area contributed by atoms with Crippen LogP contribution in [-0.2, 0) is 4.79 Å². The van der Waals surface area contributed by atoms with E-state index in [2.05, 4.69) is 0 Å². The number of aliphatic hydroxyl groups excluding tert-OH is 1. The summed E-state index contributed by atoms with van der Waals surface area (Å²) in [6.45, 7) is 0. The molecule has 2 N–H and O–H groups in total. The fourth-order valence-electron chi connectivity index (χ4n) is 2.55. The van der Waals surface area contributed by atoms with E-state index >= 15 is 0 Å². The molecule has 2 bridgehead atoms. The Labute approximate surface area is 65.0 Å². The maximum atomic E-state index is 10.6. The van der Waals surface area contributed by atoms with Crippen molar-refractivity contribution in [3.63, 3.8) is 0 Å². The number of aliphatic carboxylic acids is 1. The van der Waals surface area contributed by atoms with Crippen LogP contribution < -0.4 is 0 Å². The van der Waals surface area contributed by atoms with E-state index in [9.17, 15) is 9.90 Å². The molecule has 62 valence electrons. The Morgan fingerprint density at radius 1 is 1.18 bits per heavy atom. The van der Waals surface area contributed by atoms with Gasteiger partial charge in [-0.3, -0.25) is 4.79 Å². The Bertz CT molecular complexity index is 188. The topological polar surface area (TPSA) is 57.5 Å². The van der Waals surface area contributed by atoms with Crippen molar-refractivity contribution in [3.8, 4) is 0 Å². The Kier molecular flexibility index (Phi) is 1.42. The molecule has 2 aliphatic carbocycles. The van der Waals surface area contributed by atoms with Crippen molar-refractivity contribution >= 4 is 5.97 Å². The first-order valence-corrected chi connectivity index (χ1v) is 4.09. The minimum atomic E-state index is -0.676. The lowest BCUT2D eigenvalue weighted by Gasteiger charge is -2.21. The molecular formula is C8H12O3. The molecule has 3 heteroatoms. The zero-order chi connectivity index (χ0) is 8.01. The van der Waals surface area contributed by atoms with Crippen molar-refractivity contribution < 1.29 is 15.0 Å². The summed E-state index contributed by atoms with van der Waals surface area (Å²) in [7, 11) is 0. The number of aliphatic hydroxyl groups is 1. The summed E-state index contributed by atoms with van der Waals surface area (Å²) in [5.74, 6) is -0.304. The summed E-state index contributed by atoms with van der Waals surface area (Å²) < 4.78 is 0. The first-order valence-electron chi connectivity index (χ1n) is 4.09. The van der Waals surface area contributed by atoms with Gasteiger partial charge in [0, 0.05) is 0 Å². The van der Waals surface area contributed by atoms with Crippen LogP contribution in [0.25, 0.3) is 0 Å².